The quantitative estimate of drug-likeness (QED) is 0.559. The average molecular weight is 439 g/mol. The van der Waals surface area contributed by atoms with Crippen molar-refractivity contribution in [3.05, 3.63) is 35.8 Å². The maximum Gasteiger partial charge on any atom is 0.163 e. The highest BCUT2D eigenvalue weighted by Crippen LogP contribution is 2.34. The number of nitrogens with zero attached hydrogens (tertiary/aromatic N) is 7. The predicted molar refractivity (Wildman–Crippen MR) is 125 cm³/mol. The Morgan fingerprint density at radius 2 is 2.09 bits per heavy atom. The van der Waals surface area contributed by atoms with Gasteiger partial charge in [-0.05, 0) is 38.3 Å². The Morgan fingerprint density at radius 3 is 2.84 bits per heavy atom. The van der Waals surface area contributed by atoms with Crippen LogP contribution < -0.4 is 10.2 Å². The number of likely N-dealkylation sites (N-methyl/N-ethyl adjacent to an activating group) is 1. The molecule has 0 bridgehead atoms. The summed E-state index contributed by atoms with van der Waals surface area (Å²) in [6, 6.07) is 5.10. The van der Waals surface area contributed by atoms with E-state index < -0.39 is 0 Å². The van der Waals surface area contributed by atoms with Gasteiger partial charge in [-0.2, -0.15) is 14.7 Å². The molecule has 1 atom stereocenters. The average Bonchev–Trinajstić information content (AvgIpc) is 3.36. The van der Waals surface area contributed by atoms with E-state index in [0.717, 1.165) is 54.6 Å². The third-order valence-corrected chi connectivity index (χ3v) is 6.71. The Hall–Kier alpha value is -2.65. The predicted octanol–water partition coefficient (Wildman–Crippen LogP) is 2.50. The fourth-order valence-electron chi connectivity index (χ4n) is 4.47. The molecule has 9 nitrogen and oxygen atoms in total. The largest absolute Gasteiger partial charge is 0.396 e. The molecule has 32 heavy (non-hydrogen) atoms. The molecule has 2 aliphatic rings. The van der Waals surface area contributed by atoms with E-state index in [1.807, 2.05) is 10.7 Å². The lowest BCUT2D eigenvalue weighted by Gasteiger charge is -2.40. The smallest absolute Gasteiger partial charge is 0.163 e. The van der Waals surface area contributed by atoms with Gasteiger partial charge in [-0.15, -0.1) is 0 Å². The number of piperazine rings is 1. The molecule has 3 aromatic rings. The summed E-state index contributed by atoms with van der Waals surface area (Å²) < 4.78 is 4.00. The lowest BCUT2D eigenvalue weighted by atomic mass is 10.1. The summed E-state index contributed by atoms with van der Waals surface area (Å²) in [5.74, 6) is 2.23. The lowest BCUT2D eigenvalue weighted by molar-refractivity contribution is 0.170. The third kappa shape index (κ3) is 4.19. The van der Waals surface area contributed by atoms with Crippen molar-refractivity contribution in [2.24, 2.45) is 0 Å². The first-order valence-corrected chi connectivity index (χ1v) is 11.8. The zero-order valence-corrected chi connectivity index (χ0v) is 19.3. The van der Waals surface area contributed by atoms with Crippen LogP contribution in [-0.2, 0) is 6.54 Å². The van der Waals surface area contributed by atoms with Crippen molar-refractivity contribution in [1.82, 2.24) is 29.3 Å². The Labute approximate surface area is 189 Å². The molecule has 0 amide bonds. The summed E-state index contributed by atoms with van der Waals surface area (Å²) in [7, 11) is 2.13. The van der Waals surface area contributed by atoms with E-state index in [1.54, 1.807) is 0 Å². The summed E-state index contributed by atoms with van der Waals surface area (Å²) in [6.45, 7) is 7.93. The monoisotopic (exact) mass is 438 g/mol. The Kier molecular flexibility index (Phi) is 5.77. The minimum atomic E-state index is 0.204. The van der Waals surface area contributed by atoms with Crippen LogP contribution in [0.4, 0.5) is 11.6 Å². The maximum atomic E-state index is 9.48. The summed E-state index contributed by atoms with van der Waals surface area (Å²) in [6.07, 6.45) is 7.25. The molecule has 4 heterocycles. The van der Waals surface area contributed by atoms with Gasteiger partial charge in [0.25, 0.3) is 0 Å². The van der Waals surface area contributed by atoms with Crippen LogP contribution in [-0.4, -0.2) is 73.7 Å². The highest BCUT2D eigenvalue weighted by atomic mass is 16.3. The topological polar surface area (TPSA) is 86.8 Å². The second-order valence-electron chi connectivity index (χ2n) is 9.45. The molecule has 2 fully saturated rings. The van der Waals surface area contributed by atoms with Gasteiger partial charge in [-0.1, -0.05) is 13.8 Å². The molecule has 1 unspecified atom stereocenters. The van der Waals surface area contributed by atoms with Crippen molar-refractivity contribution in [1.29, 1.82) is 0 Å². The number of aliphatic hydroxyl groups is 1. The number of aliphatic hydroxyl groups excluding tert-OH is 1. The van der Waals surface area contributed by atoms with Crippen LogP contribution in [0.25, 0.3) is 5.65 Å². The van der Waals surface area contributed by atoms with Gasteiger partial charge < -0.3 is 15.3 Å². The van der Waals surface area contributed by atoms with Crippen molar-refractivity contribution in [3.63, 3.8) is 0 Å². The van der Waals surface area contributed by atoms with Gasteiger partial charge in [0, 0.05) is 50.1 Å². The van der Waals surface area contributed by atoms with Crippen LogP contribution in [0.15, 0.2) is 24.5 Å². The molecular formula is C23H34N8O. The molecule has 0 spiro atoms. The number of anilines is 2. The van der Waals surface area contributed by atoms with Gasteiger partial charge in [0.1, 0.15) is 11.6 Å². The van der Waals surface area contributed by atoms with Gasteiger partial charge in [-0.25, -0.2) is 4.98 Å². The minimum Gasteiger partial charge on any atom is -0.396 e. The van der Waals surface area contributed by atoms with Gasteiger partial charge in [0.15, 0.2) is 5.65 Å². The summed E-state index contributed by atoms with van der Waals surface area (Å²) >= 11 is 0. The van der Waals surface area contributed by atoms with Crippen LogP contribution >= 0.6 is 0 Å². The Bertz CT molecular complexity index is 1070. The van der Waals surface area contributed by atoms with Crippen molar-refractivity contribution < 1.29 is 5.11 Å². The SMILES string of the molecule is CC(C)c1cnn2c(NCc3ccn(C4CC4)n3)cc(N3CCN(C)C(CCO)C3)nc12. The molecule has 3 aromatic heterocycles. The van der Waals surface area contributed by atoms with Crippen LogP contribution in [0, 0.1) is 0 Å². The van der Waals surface area contributed by atoms with Crippen molar-refractivity contribution in [2.75, 3.05) is 43.5 Å². The lowest BCUT2D eigenvalue weighted by Crippen LogP contribution is -2.52. The zero-order chi connectivity index (χ0) is 22.2. The van der Waals surface area contributed by atoms with E-state index >= 15 is 0 Å². The molecule has 1 saturated heterocycles. The van der Waals surface area contributed by atoms with Crippen LogP contribution in [0.2, 0.25) is 0 Å². The first-order chi connectivity index (χ1) is 15.5. The molecule has 172 valence electrons. The van der Waals surface area contributed by atoms with Crippen molar-refractivity contribution in [3.8, 4) is 0 Å². The molecule has 5 rings (SSSR count). The van der Waals surface area contributed by atoms with Crippen molar-refractivity contribution in [2.45, 2.75) is 57.7 Å². The number of fused-ring (bicyclic) bond motifs is 1. The van der Waals surface area contributed by atoms with E-state index in [2.05, 4.69) is 64.1 Å². The van der Waals surface area contributed by atoms with Crippen LogP contribution in [0.3, 0.4) is 0 Å². The molecule has 0 radical (unpaired) electrons. The number of aromatic nitrogens is 5. The standard InChI is InChI=1S/C23H34N8O/c1-16(2)20-14-25-31-21(24-13-17-6-8-30(27-17)18-4-5-18)12-22(26-23(20)31)29-10-9-28(3)19(15-29)7-11-32/h6,8,12,14,16,18-19,24,32H,4-5,7,9-11,13,15H2,1-3H3. The fraction of sp³-hybridized carbons (Fsp3) is 0.609. The highest BCUT2D eigenvalue weighted by Gasteiger charge is 2.26. The van der Waals surface area contributed by atoms with Gasteiger partial charge in [-0.3, -0.25) is 9.58 Å². The first kappa shape index (κ1) is 21.2. The first-order valence-electron chi connectivity index (χ1n) is 11.8. The minimum absolute atomic E-state index is 0.204. The zero-order valence-electron chi connectivity index (χ0n) is 19.3. The van der Waals surface area contributed by atoms with E-state index in [0.29, 0.717) is 24.5 Å². The Morgan fingerprint density at radius 1 is 1.25 bits per heavy atom. The highest BCUT2D eigenvalue weighted by molar-refractivity contribution is 5.62. The van der Waals surface area contributed by atoms with Crippen LogP contribution in [0.5, 0.6) is 0 Å². The van der Waals surface area contributed by atoms with Crippen LogP contribution in [0.1, 0.15) is 56.3 Å². The fourth-order valence-corrected chi connectivity index (χ4v) is 4.47. The molecule has 1 saturated carbocycles. The molecule has 1 aliphatic carbocycles. The number of rotatable bonds is 8. The number of nitrogens with one attached hydrogen (secondary N) is 1. The summed E-state index contributed by atoms with van der Waals surface area (Å²) in [5.41, 5.74) is 3.08. The molecule has 1 aliphatic heterocycles. The normalized spacial score (nSPS) is 19.9. The third-order valence-electron chi connectivity index (χ3n) is 6.71. The summed E-state index contributed by atoms with van der Waals surface area (Å²) in [4.78, 5) is 9.71. The van der Waals surface area contributed by atoms with Gasteiger partial charge >= 0.3 is 0 Å². The van der Waals surface area contributed by atoms with Crippen molar-refractivity contribution >= 4 is 17.3 Å². The molecular weight excluding hydrogens is 404 g/mol. The van der Waals surface area contributed by atoms with Gasteiger partial charge in [0.05, 0.1) is 24.5 Å². The maximum absolute atomic E-state index is 9.48. The second-order valence-corrected chi connectivity index (χ2v) is 9.45. The number of hydrogen-bond acceptors (Lipinski definition) is 7. The van der Waals surface area contributed by atoms with E-state index in [9.17, 15) is 5.11 Å². The summed E-state index contributed by atoms with van der Waals surface area (Å²) in [5, 5.41) is 22.4. The van der Waals surface area contributed by atoms with E-state index in [1.165, 1.54) is 12.8 Å². The van der Waals surface area contributed by atoms with E-state index in [4.69, 9.17) is 10.1 Å². The Balaban J connectivity index is 1.44. The molecule has 0 aromatic carbocycles. The van der Waals surface area contributed by atoms with Gasteiger partial charge in [0.2, 0.25) is 0 Å². The molecule has 2 N–H and O–H groups in total. The molecule has 9 heteroatoms. The second kappa shape index (κ2) is 8.71. The number of hydrogen-bond donors (Lipinski definition) is 2. The van der Waals surface area contributed by atoms with E-state index in [-0.39, 0.29) is 6.61 Å².